The molecule has 1 aromatic carbocycles. The van der Waals surface area contributed by atoms with Gasteiger partial charge in [-0.3, -0.25) is 9.69 Å². The Morgan fingerprint density at radius 2 is 2.06 bits per heavy atom. The summed E-state index contributed by atoms with van der Waals surface area (Å²) in [5.74, 6) is 0.950. The van der Waals surface area contributed by atoms with Crippen LogP contribution in [0, 0.1) is 0 Å². The van der Waals surface area contributed by atoms with Gasteiger partial charge in [0.05, 0.1) is 13.2 Å². The number of ether oxygens (including phenoxy) is 1. The second-order valence-corrected chi connectivity index (χ2v) is 8.59. The number of nitrogens with one attached hydrogen (secondary N) is 1. The maximum absolute atomic E-state index is 12.4. The van der Waals surface area contributed by atoms with Crippen LogP contribution in [0.3, 0.4) is 0 Å². The fourth-order valence-electron chi connectivity index (χ4n) is 3.86. The molecule has 4 aromatic rings. The van der Waals surface area contributed by atoms with Crippen molar-refractivity contribution in [3.8, 4) is 11.4 Å². The molecule has 3 aromatic heterocycles. The van der Waals surface area contributed by atoms with Gasteiger partial charge in [0.2, 0.25) is 17.6 Å². The smallest absolute Gasteiger partial charge is 0.227 e. The molecule has 1 amide bonds. The molecule has 8 nitrogen and oxygen atoms in total. The Morgan fingerprint density at radius 1 is 1.16 bits per heavy atom. The van der Waals surface area contributed by atoms with E-state index in [0.29, 0.717) is 18.1 Å². The number of anilines is 1. The topological polar surface area (TPSA) is 85.4 Å². The molecule has 1 aliphatic heterocycles. The Morgan fingerprint density at radius 3 is 2.91 bits per heavy atom. The van der Waals surface area contributed by atoms with Crippen molar-refractivity contribution in [2.24, 2.45) is 0 Å². The molecular weight excluding hydrogens is 426 g/mol. The molecule has 5 rings (SSSR count). The molecule has 1 saturated heterocycles. The number of benzene rings is 1. The van der Waals surface area contributed by atoms with Gasteiger partial charge < -0.3 is 19.1 Å². The van der Waals surface area contributed by atoms with Crippen molar-refractivity contribution in [3.05, 3.63) is 53.2 Å². The Labute approximate surface area is 189 Å². The molecule has 166 valence electrons. The van der Waals surface area contributed by atoms with Crippen LogP contribution < -0.4 is 5.32 Å². The summed E-state index contributed by atoms with van der Waals surface area (Å²) in [6.07, 6.45) is 2.80. The average molecular weight is 452 g/mol. The van der Waals surface area contributed by atoms with Crippen molar-refractivity contribution in [3.63, 3.8) is 0 Å². The molecule has 32 heavy (non-hydrogen) atoms. The highest BCUT2D eigenvalue weighted by Crippen LogP contribution is 2.22. The number of fused-ring (bicyclic) bond motifs is 1. The normalized spacial score (nSPS) is 14.8. The lowest BCUT2D eigenvalue weighted by Gasteiger charge is -2.26. The van der Waals surface area contributed by atoms with Crippen molar-refractivity contribution < 1.29 is 14.1 Å². The van der Waals surface area contributed by atoms with Crippen LogP contribution in [0.25, 0.3) is 22.3 Å². The lowest BCUT2D eigenvalue weighted by atomic mass is 10.2. The van der Waals surface area contributed by atoms with E-state index in [1.807, 2.05) is 29.0 Å². The summed E-state index contributed by atoms with van der Waals surface area (Å²) < 4.78 is 12.9. The molecule has 9 heteroatoms. The number of hydrogen-bond donors (Lipinski definition) is 1. The monoisotopic (exact) mass is 451 g/mol. The molecule has 0 saturated carbocycles. The summed E-state index contributed by atoms with van der Waals surface area (Å²) in [6.45, 7) is 5.57. The molecule has 0 aliphatic carbocycles. The molecule has 1 N–H and O–H groups in total. The first-order chi connectivity index (χ1) is 15.7. The van der Waals surface area contributed by atoms with Gasteiger partial charge in [-0.15, -0.1) is 0 Å². The predicted octanol–water partition coefficient (Wildman–Crippen LogP) is 3.66. The van der Waals surface area contributed by atoms with Crippen LogP contribution in [0.15, 0.2) is 51.8 Å². The average Bonchev–Trinajstić information content (AvgIpc) is 3.58. The molecule has 0 spiro atoms. The van der Waals surface area contributed by atoms with E-state index >= 15 is 0 Å². The number of morpholine rings is 1. The Kier molecular flexibility index (Phi) is 6.29. The van der Waals surface area contributed by atoms with E-state index < -0.39 is 0 Å². The van der Waals surface area contributed by atoms with Gasteiger partial charge in [-0.1, -0.05) is 5.16 Å². The first-order valence-corrected chi connectivity index (χ1v) is 11.7. The summed E-state index contributed by atoms with van der Waals surface area (Å²) >= 11 is 1.58. The molecule has 1 aliphatic rings. The Balaban J connectivity index is 1.15. The van der Waals surface area contributed by atoms with E-state index in [4.69, 9.17) is 9.26 Å². The molecule has 0 atom stereocenters. The first-order valence-electron chi connectivity index (χ1n) is 10.8. The van der Waals surface area contributed by atoms with E-state index in [1.165, 1.54) is 5.52 Å². The summed E-state index contributed by atoms with van der Waals surface area (Å²) in [5.41, 5.74) is 2.89. The van der Waals surface area contributed by atoms with E-state index in [1.54, 1.807) is 11.3 Å². The molecule has 1 fully saturated rings. The largest absolute Gasteiger partial charge is 0.379 e. The zero-order chi connectivity index (χ0) is 21.8. The number of carbonyl (C=O) groups excluding carboxylic acids is 1. The van der Waals surface area contributed by atoms with Crippen LogP contribution in [-0.4, -0.2) is 58.4 Å². The van der Waals surface area contributed by atoms with Crippen LogP contribution in [0.4, 0.5) is 5.69 Å². The zero-order valence-electron chi connectivity index (χ0n) is 17.7. The number of nitrogens with zero attached hydrogens (tertiary/aromatic N) is 4. The van der Waals surface area contributed by atoms with Gasteiger partial charge in [0.1, 0.15) is 0 Å². The number of aryl methyl sites for hydroxylation is 1. The van der Waals surface area contributed by atoms with Crippen LogP contribution in [0.2, 0.25) is 0 Å². The van der Waals surface area contributed by atoms with Gasteiger partial charge in [-0.25, -0.2) is 0 Å². The zero-order valence-corrected chi connectivity index (χ0v) is 18.5. The van der Waals surface area contributed by atoms with Gasteiger partial charge in [-0.2, -0.15) is 16.3 Å². The Bertz CT molecular complexity index is 1180. The molecule has 0 radical (unpaired) electrons. The van der Waals surface area contributed by atoms with Gasteiger partial charge >= 0.3 is 0 Å². The number of aromatic nitrogens is 3. The number of thiophene rings is 1. The molecule has 0 bridgehead atoms. The number of carbonyl (C=O) groups is 1. The summed E-state index contributed by atoms with van der Waals surface area (Å²) in [6, 6.07) is 10.1. The van der Waals surface area contributed by atoms with Crippen molar-refractivity contribution >= 4 is 33.8 Å². The molecule has 0 unspecified atom stereocenters. The highest BCUT2D eigenvalue weighted by atomic mass is 32.1. The van der Waals surface area contributed by atoms with Gasteiger partial charge in [0, 0.05) is 72.8 Å². The number of rotatable bonds is 8. The van der Waals surface area contributed by atoms with Gasteiger partial charge in [-0.05, 0) is 35.7 Å². The number of hydrogen-bond acceptors (Lipinski definition) is 7. The first kappa shape index (κ1) is 20.9. The third kappa shape index (κ3) is 4.90. The van der Waals surface area contributed by atoms with E-state index in [0.717, 1.165) is 56.0 Å². The van der Waals surface area contributed by atoms with Crippen LogP contribution in [-0.2, 0) is 22.5 Å². The summed E-state index contributed by atoms with van der Waals surface area (Å²) in [5, 5.41) is 12.0. The van der Waals surface area contributed by atoms with E-state index in [2.05, 4.69) is 43.3 Å². The summed E-state index contributed by atoms with van der Waals surface area (Å²) in [7, 11) is 0. The molecular formula is C23H25N5O3S. The van der Waals surface area contributed by atoms with Crippen LogP contribution >= 0.6 is 11.3 Å². The fourth-order valence-corrected chi connectivity index (χ4v) is 4.49. The number of amides is 1. The van der Waals surface area contributed by atoms with Gasteiger partial charge in [0.25, 0.3) is 0 Å². The lowest BCUT2D eigenvalue weighted by molar-refractivity contribution is -0.116. The second kappa shape index (κ2) is 9.64. The van der Waals surface area contributed by atoms with Crippen molar-refractivity contribution in [2.75, 3.05) is 38.2 Å². The van der Waals surface area contributed by atoms with Crippen molar-refractivity contribution in [1.82, 2.24) is 19.6 Å². The van der Waals surface area contributed by atoms with E-state index in [-0.39, 0.29) is 12.3 Å². The van der Waals surface area contributed by atoms with E-state index in [9.17, 15) is 4.79 Å². The lowest BCUT2D eigenvalue weighted by Crippen LogP contribution is -2.38. The van der Waals surface area contributed by atoms with Crippen molar-refractivity contribution in [2.45, 2.75) is 19.4 Å². The third-order valence-corrected chi connectivity index (χ3v) is 6.31. The second-order valence-electron chi connectivity index (χ2n) is 7.81. The standard InChI is InChI=1S/C23H25N5O3S/c29-21(3-4-22-25-23(26-31-22)18-6-14-32-16-18)24-19-1-2-20-17(15-19)5-7-28(20)9-8-27-10-12-30-13-11-27/h1-2,5-7,14-16H,3-4,8-13H2,(H,24,29). The Hall–Kier alpha value is -3.01. The fraction of sp³-hybridized carbons (Fsp3) is 0.348. The minimum Gasteiger partial charge on any atom is -0.379 e. The van der Waals surface area contributed by atoms with Crippen LogP contribution in [0.1, 0.15) is 12.3 Å². The molecule has 4 heterocycles. The SMILES string of the molecule is O=C(CCc1nc(-c2ccsc2)no1)Nc1ccc2c(ccn2CCN2CCOCC2)c1. The maximum Gasteiger partial charge on any atom is 0.227 e. The minimum atomic E-state index is -0.0774. The predicted molar refractivity (Wildman–Crippen MR) is 124 cm³/mol. The minimum absolute atomic E-state index is 0.0774. The third-order valence-electron chi connectivity index (χ3n) is 5.63. The maximum atomic E-state index is 12.4. The summed E-state index contributed by atoms with van der Waals surface area (Å²) in [4.78, 5) is 19.2. The highest BCUT2D eigenvalue weighted by molar-refractivity contribution is 7.08. The highest BCUT2D eigenvalue weighted by Gasteiger charge is 2.13. The quantitative estimate of drug-likeness (QED) is 0.440. The van der Waals surface area contributed by atoms with Gasteiger partial charge in [0.15, 0.2) is 0 Å². The van der Waals surface area contributed by atoms with Crippen LogP contribution in [0.5, 0.6) is 0 Å². The van der Waals surface area contributed by atoms with Crippen molar-refractivity contribution in [1.29, 1.82) is 0 Å².